The summed E-state index contributed by atoms with van der Waals surface area (Å²) in [6.45, 7) is 2.37. The zero-order chi connectivity index (χ0) is 14.0. The van der Waals surface area contributed by atoms with Crippen molar-refractivity contribution in [3.05, 3.63) is 28.4 Å². The topological polar surface area (TPSA) is 98.7 Å². The fraction of sp³-hybridized carbons (Fsp3) is 0.200. The summed E-state index contributed by atoms with van der Waals surface area (Å²) in [6, 6.07) is 1.38. The summed E-state index contributed by atoms with van der Waals surface area (Å²) in [5.74, 6) is -0.249. The monoisotopic (exact) mass is 300 g/mol. The molecule has 0 aromatic carbocycles. The van der Waals surface area contributed by atoms with Crippen LogP contribution in [-0.4, -0.2) is 25.7 Å². The zero-order valence-corrected chi connectivity index (χ0v) is 11.4. The number of aryl methyl sites for hydroxylation is 1. The summed E-state index contributed by atoms with van der Waals surface area (Å²) in [4.78, 5) is 19.6. The second-order valence-electron chi connectivity index (χ2n) is 3.56. The number of nitrogens with one attached hydrogen (secondary N) is 1. The van der Waals surface area contributed by atoms with Gasteiger partial charge in [0.2, 0.25) is 5.28 Å². The Labute approximate surface area is 118 Å². The van der Waals surface area contributed by atoms with E-state index >= 15 is 0 Å². The first-order chi connectivity index (χ1) is 9.01. The molecule has 2 heterocycles. The van der Waals surface area contributed by atoms with Gasteiger partial charge in [0.15, 0.2) is 0 Å². The van der Waals surface area contributed by atoms with E-state index in [0.717, 1.165) is 0 Å². The van der Waals surface area contributed by atoms with Crippen molar-refractivity contribution in [1.29, 1.82) is 0 Å². The van der Waals surface area contributed by atoms with E-state index in [1.165, 1.54) is 16.9 Å². The second-order valence-corrected chi connectivity index (χ2v) is 4.29. The van der Waals surface area contributed by atoms with Crippen molar-refractivity contribution in [1.82, 2.24) is 19.7 Å². The van der Waals surface area contributed by atoms with Gasteiger partial charge in [0.1, 0.15) is 16.7 Å². The number of carbonyl (C=O) groups is 1. The van der Waals surface area contributed by atoms with Gasteiger partial charge < -0.3 is 11.1 Å². The average molecular weight is 301 g/mol. The Balaban J connectivity index is 2.28. The van der Waals surface area contributed by atoms with Crippen LogP contribution in [-0.2, 0) is 6.54 Å². The first kappa shape index (κ1) is 13.6. The third kappa shape index (κ3) is 2.94. The second kappa shape index (κ2) is 5.41. The Morgan fingerprint density at radius 3 is 2.84 bits per heavy atom. The maximum absolute atomic E-state index is 12.1. The lowest BCUT2D eigenvalue weighted by atomic mass is 10.3. The number of anilines is 2. The summed E-state index contributed by atoms with van der Waals surface area (Å²) in [5.41, 5.74) is 6.24. The molecule has 9 heteroatoms. The van der Waals surface area contributed by atoms with Gasteiger partial charge in [-0.25, -0.2) is 9.97 Å². The fourth-order valence-corrected chi connectivity index (χ4v) is 1.93. The smallest absolute Gasteiger partial charge is 0.277 e. The molecule has 2 rings (SSSR count). The molecule has 3 N–H and O–H groups in total. The molecule has 0 saturated heterocycles. The number of halogens is 2. The molecule has 100 valence electrons. The van der Waals surface area contributed by atoms with Gasteiger partial charge >= 0.3 is 0 Å². The lowest BCUT2D eigenvalue weighted by Crippen LogP contribution is -2.19. The molecule has 0 aliphatic rings. The Bertz CT molecular complexity index is 606. The quantitative estimate of drug-likeness (QED) is 0.665. The van der Waals surface area contributed by atoms with Crippen LogP contribution in [0.3, 0.4) is 0 Å². The number of nitrogens with zero attached hydrogens (tertiary/aromatic N) is 4. The molecule has 0 radical (unpaired) electrons. The maximum atomic E-state index is 12.1. The largest absolute Gasteiger partial charge is 0.396 e. The lowest BCUT2D eigenvalue weighted by molar-refractivity contribution is 0.101. The van der Waals surface area contributed by atoms with Crippen LogP contribution in [0.1, 0.15) is 17.4 Å². The molecule has 7 nitrogen and oxygen atoms in total. The van der Waals surface area contributed by atoms with Crippen molar-refractivity contribution in [3.8, 4) is 0 Å². The molecule has 0 aliphatic heterocycles. The summed E-state index contributed by atoms with van der Waals surface area (Å²) >= 11 is 11.4. The third-order valence-corrected chi connectivity index (χ3v) is 2.65. The highest BCUT2D eigenvalue weighted by Gasteiger charge is 2.17. The molecule has 2 aromatic heterocycles. The van der Waals surface area contributed by atoms with Crippen LogP contribution >= 0.6 is 23.2 Å². The van der Waals surface area contributed by atoms with E-state index in [2.05, 4.69) is 20.4 Å². The van der Waals surface area contributed by atoms with Crippen LogP contribution in [0.15, 0.2) is 12.3 Å². The normalized spacial score (nSPS) is 10.5. The molecule has 0 spiro atoms. The Kier molecular flexibility index (Phi) is 3.87. The van der Waals surface area contributed by atoms with Gasteiger partial charge in [0.25, 0.3) is 5.91 Å². The molecule has 0 saturated carbocycles. The van der Waals surface area contributed by atoms with Gasteiger partial charge in [-0.2, -0.15) is 5.10 Å². The van der Waals surface area contributed by atoms with Crippen LogP contribution < -0.4 is 11.1 Å². The molecular weight excluding hydrogens is 291 g/mol. The average Bonchev–Trinajstić information content (AvgIpc) is 2.68. The van der Waals surface area contributed by atoms with Crippen molar-refractivity contribution in [2.75, 3.05) is 11.1 Å². The molecule has 0 unspecified atom stereocenters. The third-order valence-electron chi connectivity index (χ3n) is 2.29. The summed E-state index contributed by atoms with van der Waals surface area (Å²) in [5, 5.41) is 6.60. The van der Waals surface area contributed by atoms with E-state index in [1.807, 2.05) is 6.92 Å². The molecular formula is C10H10Cl2N6O. The van der Waals surface area contributed by atoms with Crippen molar-refractivity contribution in [2.45, 2.75) is 13.5 Å². The summed E-state index contributed by atoms with van der Waals surface area (Å²) in [7, 11) is 0. The van der Waals surface area contributed by atoms with Crippen molar-refractivity contribution < 1.29 is 4.79 Å². The predicted octanol–water partition coefficient (Wildman–Crippen LogP) is 1.83. The number of hydrogen-bond acceptors (Lipinski definition) is 5. The fourth-order valence-electron chi connectivity index (χ4n) is 1.52. The summed E-state index contributed by atoms with van der Waals surface area (Å²) in [6.07, 6.45) is 1.42. The van der Waals surface area contributed by atoms with Gasteiger partial charge in [-0.3, -0.25) is 9.48 Å². The maximum Gasteiger partial charge on any atom is 0.277 e. The highest BCUT2D eigenvalue weighted by atomic mass is 35.5. The van der Waals surface area contributed by atoms with Crippen LogP contribution in [0, 0.1) is 0 Å². The molecule has 0 fully saturated rings. The van der Waals surface area contributed by atoms with E-state index in [-0.39, 0.29) is 27.6 Å². The molecule has 0 bridgehead atoms. The number of rotatable bonds is 3. The molecule has 2 aromatic rings. The predicted molar refractivity (Wildman–Crippen MR) is 72.3 cm³/mol. The first-order valence-electron chi connectivity index (χ1n) is 5.34. The molecule has 0 aliphatic carbocycles. The van der Waals surface area contributed by atoms with Crippen LogP contribution in [0.25, 0.3) is 0 Å². The number of carbonyl (C=O) groups excluding carboxylic acids is 1. The lowest BCUT2D eigenvalue weighted by Gasteiger charge is -2.07. The number of hydrogen-bond donors (Lipinski definition) is 2. The number of amides is 1. The van der Waals surface area contributed by atoms with Gasteiger partial charge in [-0.15, -0.1) is 0 Å². The van der Waals surface area contributed by atoms with Crippen molar-refractivity contribution in [3.63, 3.8) is 0 Å². The van der Waals surface area contributed by atoms with Gasteiger partial charge in [0, 0.05) is 12.6 Å². The number of nitrogen functional groups attached to an aromatic ring is 1. The highest BCUT2D eigenvalue weighted by molar-refractivity contribution is 6.32. The van der Waals surface area contributed by atoms with E-state index in [1.54, 1.807) is 0 Å². The first-order valence-corrected chi connectivity index (χ1v) is 6.09. The van der Waals surface area contributed by atoms with Crippen molar-refractivity contribution in [2.24, 2.45) is 0 Å². The highest BCUT2D eigenvalue weighted by Crippen LogP contribution is 2.17. The van der Waals surface area contributed by atoms with E-state index in [4.69, 9.17) is 28.9 Å². The Morgan fingerprint density at radius 2 is 2.21 bits per heavy atom. The molecule has 1 amide bonds. The minimum absolute atomic E-state index is 0.0558. The van der Waals surface area contributed by atoms with E-state index < -0.39 is 5.91 Å². The van der Waals surface area contributed by atoms with Crippen LogP contribution in [0.5, 0.6) is 0 Å². The zero-order valence-electron chi connectivity index (χ0n) is 9.89. The van der Waals surface area contributed by atoms with Gasteiger partial charge in [-0.1, -0.05) is 11.6 Å². The van der Waals surface area contributed by atoms with Gasteiger partial charge in [-0.05, 0) is 18.5 Å². The van der Waals surface area contributed by atoms with Crippen LogP contribution in [0.4, 0.5) is 11.5 Å². The van der Waals surface area contributed by atoms with Gasteiger partial charge in [0.05, 0.1) is 11.9 Å². The number of aromatic nitrogens is 4. The molecule has 0 atom stereocenters. The SMILES string of the molecule is CCn1ncc(N)c1C(=O)Nc1cc(Cl)nc(Cl)n1. The van der Waals surface area contributed by atoms with Crippen LogP contribution in [0.2, 0.25) is 10.4 Å². The van der Waals surface area contributed by atoms with E-state index in [0.29, 0.717) is 6.54 Å². The minimum Gasteiger partial charge on any atom is -0.396 e. The Hall–Kier alpha value is -1.86. The minimum atomic E-state index is -0.442. The van der Waals surface area contributed by atoms with E-state index in [9.17, 15) is 4.79 Å². The number of nitrogens with two attached hydrogens (primary N) is 1. The standard InChI is InChI=1S/C10H10Cl2N6O/c1-2-18-8(5(13)4-14-18)9(19)16-7-3-6(11)15-10(12)17-7/h3-4H,2,13H2,1H3,(H,15,16,17,19). The summed E-state index contributed by atoms with van der Waals surface area (Å²) < 4.78 is 1.48. The molecule has 19 heavy (non-hydrogen) atoms. The van der Waals surface area contributed by atoms with Crippen molar-refractivity contribution >= 4 is 40.6 Å². The Morgan fingerprint density at radius 1 is 1.47 bits per heavy atom.